The van der Waals surface area contributed by atoms with Gasteiger partial charge in [0.15, 0.2) is 17.4 Å². The number of nitro benzene ring substituents is 1. The van der Waals surface area contributed by atoms with Crippen LogP contribution in [0.4, 0.5) is 14.5 Å². The molecule has 21 heavy (non-hydrogen) atoms. The molecule has 8 heteroatoms. The second-order valence-corrected chi connectivity index (χ2v) is 4.50. The van der Waals surface area contributed by atoms with Gasteiger partial charge in [-0.15, -0.1) is 0 Å². The lowest BCUT2D eigenvalue weighted by molar-refractivity contribution is -0.385. The second kappa shape index (κ2) is 6.02. The van der Waals surface area contributed by atoms with Crippen molar-refractivity contribution in [2.75, 3.05) is 0 Å². The third-order valence-corrected chi connectivity index (χ3v) is 2.86. The summed E-state index contributed by atoms with van der Waals surface area (Å²) >= 11 is 5.71. The molecule has 0 aliphatic rings. The van der Waals surface area contributed by atoms with Gasteiger partial charge in [-0.05, 0) is 23.8 Å². The van der Waals surface area contributed by atoms with Crippen LogP contribution in [0.2, 0.25) is 5.02 Å². The lowest BCUT2D eigenvalue weighted by Crippen LogP contribution is -2.01. The van der Waals surface area contributed by atoms with Crippen LogP contribution in [-0.2, 0) is 6.54 Å². The molecule has 0 atom stereocenters. The highest BCUT2D eigenvalue weighted by Crippen LogP contribution is 2.36. The van der Waals surface area contributed by atoms with Gasteiger partial charge >= 0.3 is 5.69 Å². The number of nitrogens with two attached hydrogens (primary N) is 1. The minimum Gasteiger partial charge on any atom is -0.444 e. The number of nitro groups is 1. The van der Waals surface area contributed by atoms with Gasteiger partial charge in [0.05, 0.1) is 4.92 Å². The van der Waals surface area contributed by atoms with E-state index in [4.69, 9.17) is 22.1 Å². The zero-order valence-electron chi connectivity index (χ0n) is 10.5. The maximum atomic E-state index is 13.8. The van der Waals surface area contributed by atoms with Crippen LogP contribution in [0.25, 0.3) is 0 Å². The molecule has 2 N–H and O–H groups in total. The summed E-state index contributed by atoms with van der Waals surface area (Å²) in [6.45, 7) is -0.0502. The zero-order chi connectivity index (χ0) is 15.6. The molecule has 0 aliphatic carbocycles. The van der Waals surface area contributed by atoms with Crippen molar-refractivity contribution in [1.29, 1.82) is 0 Å². The van der Waals surface area contributed by atoms with E-state index in [-0.39, 0.29) is 22.9 Å². The van der Waals surface area contributed by atoms with Crippen LogP contribution in [-0.4, -0.2) is 4.92 Å². The Hall–Kier alpha value is -2.25. The fourth-order valence-electron chi connectivity index (χ4n) is 1.66. The molecule has 0 aromatic heterocycles. The van der Waals surface area contributed by atoms with Crippen molar-refractivity contribution in [3.05, 3.63) is 62.7 Å². The third kappa shape index (κ3) is 3.26. The maximum Gasteiger partial charge on any atom is 0.311 e. The van der Waals surface area contributed by atoms with E-state index in [2.05, 4.69) is 0 Å². The van der Waals surface area contributed by atoms with Crippen molar-refractivity contribution in [2.24, 2.45) is 5.73 Å². The summed E-state index contributed by atoms with van der Waals surface area (Å²) in [7, 11) is 0. The first-order chi connectivity index (χ1) is 9.92. The van der Waals surface area contributed by atoms with Crippen LogP contribution in [0, 0.1) is 21.7 Å². The average Bonchev–Trinajstić information content (AvgIpc) is 2.42. The number of hydrogen-bond acceptors (Lipinski definition) is 4. The predicted molar refractivity (Wildman–Crippen MR) is 72.4 cm³/mol. The number of halogens is 3. The smallest absolute Gasteiger partial charge is 0.311 e. The summed E-state index contributed by atoms with van der Waals surface area (Å²) in [6.07, 6.45) is 0. The Morgan fingerprint density at radius 1 is 1.24 bits per heavy atom. The van der Waals surface area contributed by atoms with Gasteiger partial charge in [0.1, 0.15) is 0 Å². The lowest BCUT2D eigenvalue weighted by atomic mass is 10.2. The topological polar surface area (TPSA) is 78.4 Å². The van der Waals surface area contributed by atoms with Crippen LogP contribution in [0.5, 0.6) is 11.5 Å². The molecule has 2 aromatic rings. The molecule has 0 heterocycles. The normalized spacial score (nSPS) is 10.5. The van der Waals surface area contributed by atoms with E-state index in [1.165, 1.54) is 6.07 Å². The quantitative estimate of drug-likeness (QED) is 0.688. The van der Waals surface area contributed by atoms with Gasteiger partial charge in [0, 0.05) is 23.7 Å². The standard InChI is InChI=1S/C13H9ClF2N2O3/c14-8-1-2-11(18(19)20)12(5-8)21-13-9(15)3-7(6-17)4-10(13)16/h1-5H,6,17H2. The van der Waals surface area contributed by atoms with Crippen LogP contribution in [0.3, 0.4) is 0 Å². The second-order valence-electron chi connectivity index (χ2n) is 4.06. The van der Waals surface area contributed by atoms with E-state index in [9.17, 15) is 18.9 Å². The highest BCUT2D eigenvalue weighted by Gasteiger charge is 2.20. The Labute approximate surface area is 123 Å². The van der Waals surface area contributed by atoms with Gasteiger partial charge in [-0.1, -0.05) is 11.6 Å². The molecule has 0 saturated heterocycles. The van der Waals surface area contributed by atoms with Gasteiger partial charge in [-0.25, -0.2) is 8.78 Å². The van der Waals surface area contributed by atoms with E-state index in [0.717, 1.165) is 24.3 Å². The number of rotatable bonds is 4. The van der Waals surface area contributed by atoms with Gasteiger partial charge in [0.25, 0.3) is 0 Å². The van der Waals surface area contributed by atoms with E-state index >= 15 is 0 Å². The highest BCUT2D eigenvalue weighted by atomic mass is 35.5. The molecule has 0 spiro atoms. The molecule has 0 aliphatic heterocycles. The summed E-state index contributed by atoms with van der Waals surface area (Å²) in [6, 6.07) is 5.46. The molecule has 0 radical (unpaired) electrons. The Kier molecular flexibility index (Phi) is 4.35. The van der Waals surface area contributed by atoms with E-state index in [1.807, 2.05) is 0 Å². The van der Waals surface area contributed by atoms with Crippen LogP contribution in [0.15, 0.2) is 30.3 Å². The fourth-order valence-corrected chi connectivity index (χ4v) is 1.82. The van der Waals surface area contributed by atoms with E-state index in [0.29, 0.717) is 0 Å². The molecule has 2 aromatic carbocycles. The molecular weight excluding hydrogens is 306 g/mol. The van der Waals surface area contributed by atoms with Crippen molar-refractivity contribution in [1.82, 2.24) is 0 Å². The summed E-state index contributed by atoms with van der Waals surface area (Å²) < 4.78 is 32.6. The molecule has 110 valence electrons. The highest BCUT2D eigenvalue weighted by molar-refractivity contribution is 6.30. The van der Waals surface area contributed by atoms with Gasteiger partial charge in [0.2, 0.25) is 5.75 Å². The fraction of sp³-hybridized carbons (Fsp3) is 0.0769. The molecule has 0 saturated carbocycles. The summed E-state index contributed by atoms with van der Waals surface area (Å²) in [4.78, 5) is 10.1. The van der Waals surface area contributed by atoms with E-state index in [1.54, 1.807) is 0 Å². The average molecular weight is 315 g/mol. The molecule has 2 rings (SSSR count). The Bertz CT molecular complexity index is 687. The largest absolute Gasteiger partial charge is 0.444 e. The molecule has 5 nitrogen and oxygen atoms in total. The first kappa shape index (κ1) is 15.1. The Morgan fingerprint density at radius 2 is 1.86 bits per heavy atom. The van der Waals surface area contributed by atoms with Crippen molar-refractivity contribution in [3.8, 4) is 11.5 Å². The molecule has 0 amide bonds. The van der Waals surface area contributed by atoms with Crippen molar-refractivity contribution in [3.63, 3.8) is 0 Å². The minimum atomic E-state index is -1.01. The van der Waals surface area contributed by atoms with Crippen molar-refractivity contribution in [2.45, 2.75) is 6.54 Å². The third-order valence-electron chi connectivity index (χ3n) is 2.62. The Morgan fingerprint density at radius 3 is 2.38 bits per heavy atom. The molecule has 0 bridgehead atoms. The van der Waals surface area contributed by atoms with Crippen molar-refractivity contribution >= 4 is 17.3 Å². The summed E-state index contributed by atoms with van der Waals surface area (Å²) in [5.41, 5.74) is 5.07. The number of benzene rings is 2. The molecule has 0 fully saturated rings. The number of ether oxygens (including phenoxy) is 1. The molecule has 0 unspecified atom stereocenters. The molecular formula is C13H9ClF2N2O3. The monoisotopic (exact) mass is 314 g/mol. The van der Waals surface area contributed by atoms with Crippen molar-refractivity contribution < 1.29 is 18.4 Å². The Balaban J connectivity index is 2.48. The lowest BCUT2D eigenvalue weighted by Gasteiger charge is -2.10. The van der Waals surface area contributed by atoms with Crippen LogP contribution < -0.4 is 10.5 Å². The summed E-state index contributed by atoms with van der Waals surface area (Å²) in [5, 5.41) is 11.0. The minimum absolute atomic E-state index is 0.0502. The zero-order valence-corrected chi connectivity index (χ0v) is 11.2. The van der Waals surface area contributed by atoms with Crippen LogP contribution >= 0.6 is 11.6 Å². The number of nitrogens with zero attached hydrogens (tertiary/aromatic N) is 1. The predicted octanol–water partition coefficient (Wildman–Crippen LogP) is 3.78. The van der Waals surface area contributed by atoms with Gasteiger partial charge in [-0.2, -0.15) is 0 Å². The van der Waals surface area contributed by atoms with Gasteiger partial charge < -0.3 is 10.5 Å². The first-order valence-corrected chi connectivity index (χ1v) is 6.10. The SMILES string of the molecule is NCc1cc(F)c(Oc2cc(Cl)ccc2[N+](=O)[O-])c(F)c1. The maximum absolute atomic E-state index is 13.8. The van der Waals surface area contributed by atoms with Gasteiger partial charge in [-0.3, -0.25) is 10.1 Å². The van der Waals surface area contributed by atoms with E-state index < -0.39 is 28.0 Å². The first-order valence-electron chi connectivity index (χ1n) is 5.72. The van der Waals surface area contributed by atoms with Crippen LogP contribution in [0.1, 0.15) is 5.56 Å². The number of hydrogen-bond donors (Lipinski definition) is 1. The summed E-state index contributed by atoms with van der Waals surface area (Å²) in [5.74, 6) is -3.13.